The van der Waals surface area contributed by atoms with E-state index in [0.717, 1.165) is 12.8 Å². The molecule has 3 heterocycles. The first-order valence-electron chi connectivity index (χ1n) is 10.5. The highest BCUT2D eigenvalue weighted by molar-refractivity contribution is 6.36. The molecule has 2 aromatic heterocycles. The Morgan fingerprint density at radius 1 is 1.24 bits per heavy atom. The van der Waals surface area contributed by atoms with Gasteiger partial charge in [0.25, 0.3) is 0 Å². The van der Waals surface area contributed by atoms with Gasteiger partial charge in [0.05, 0.1) is 46.4 Å². The first-order valence-corrected chi connectivity index (χ1v) is 10.8. The molecule has 3 aromatic rings. The minimum Gasteiger partial charge on any atom is -0.378 e. The molecule has 0 spiro atoms. The zero-order valence-electron chi connectivity index (χ0n) is 17.8. The molecule has 2 fully saturated rings. The number of benzene rings is 1. The fourth-order valence-corrected chi connectivity index (χ4v) is 4.16. The number of nitriles is 2. The van der Waals surface area contributed by atoms with E-state index in [-0.39, 0.29) is 23.8 Å². The minimum atomic E-state index is -0.166. The fraction of sp³-hybridized carbons (Fsp3) is 0.381. The topological polar surface area (TPSA) is 153 Å². The van der Waals surface area contributed by atoms with Gasteiger partial charge in [-0.05, 0) is 25.0 Å². The third-order valence-corrected chi connectivity index (χ3v) is 6.17. The number of ether oxygens (including phenoxy) is 1. The summed E-state index contributed by atoms with van der Waals surface area (Å²) in [5.74, 6) is 0.744. The van der Waals surface area contributed by atoms with Crippen molar-refractivity contribution in [3.63, 3.8) is 0 Å². The number of rotatable bonds is 6. The van der Waals surface area contributed by atoms with Crippen molar-refractivity contribution in [2.45, 2.75) is 31.0 Å². The number of anilines is 4. The van der Waals surface area contributed by atoms with Gasteiger partial charge in [0, 0.05) is 26.2 Å². The van der Waals surface area contributed by atoms with Crippen molar-refractivity contribution in [2.75, 3.05) is 35.7 Å². The molecule has 0 bridgehead atoms. The number of aromatic nitrogens is 4. The van der Waals surface area contributed by atoms with E-state index in [0.29, 0.717) is 52.6 Å². The van der Waals surface area contributed by atoms with Crippen molar-refractivity contribution in [1.82, 2.24) is 19.6 Å². The van der Waals surface area contributed by atoms with Crippen LogP contribution in [0.4, 0.5) is 23.1 Å². The van der Waals surface area contributed by atoms with Crippen molar-refractivity contribution < 1.29 is 4.74 Å². The monoisotopic (exact) mass is 464 g/mol. The molecule has 0 unspecified atom stereocenters. The van der Waals surface area contributed by atoms with Crippen LogP contribution in [0.5, 0.6) is 0 Å². The fourth-order valence-electron chi connectivity index (χ4n) is 3.89. The number of fused-ring (bicyclic) bond motifs is 1. The summed E-state index contributed by atoms with van der Waals surface area (Å²) in [5.41, 5.74) is 8.49. The van der Waals surface area contributed by atoms with Crippen LogP contribution in [0.1, 0.15) is 24.1 Å². The molecule has 1 aromatic carbocycles. The van der Waals surface area contributed by atoms with Crippen molar-refractivity contribution in [2.24, 2.45) is 5.73 Å². The SMILES string of the molecule is CO[C@@H]1CN(c2cc(C#N)cc(Nc3nc(NC4CC4)c4ncc(C#N)n4n3)c2Cl)C[C@@H]1N. The number of nitrogens with one attached hydrogen (secondary N) is 2. The van der Waals surface area contributed by atoms with Gasteiger partial charge in [-0.25, -0.2) is 4.98 Å². The summed E-state index contributed by atoms with van der Waals surface area (Å²) in [6.07, 6.45) is 3.42. The third kappa shape index (κ3) is 3.98. The molecule has 0 radical (unpaired) electrons. The van der Waals surface area contributed by atoms with Crippen molar-refractivity contribution in [3.05, 3.63) is 34.6 Å². The van der Waals surface area contributed by atoms with Gasteiger partial charge < -0.3 is 26.0 Å². The summed E-state index contributed by atoms with van der Waals surface area (Å²) in [4.78, 5) is 10.8. The number of imidazole rings is 1. The highest BCUT2D eigenvalue weighted by atomic mass is 35.5. The van der Waals surface area contributed by atoms with E-state index in [1.54, 1.807) is 19.2 Å². The maximum absolute atomic E-state index is 9.59. The maximum Gasteiger partial charge on any atom is 0.247 e. The predicted molar refractivity (Wildman–Crippen MR) is 123 cm³/mol. The molecular weight excluding hydrogens is 444 g/mol. The molecular formula is C21H21ClN10O. The summed E-state index contributed by atoms with van der Waals surface area (Å²) in [5, 5.41) is 30.3. The lowest BCUT2D eigenvalue weighted by atomic mass is 10.1. The van der Waals surface area contributed by atoms with Gasteiger partial charge in [0.2, 0.25) is 5.95 Å². The quantitative estimate of drug-likeness (QED) is 0.493. The number of methoxy groups -OCH3 is 1. The number of nitrogens with two attached hydrogens (primary N) is 1. The Kier molecular flexibility index (Phi) is 5.38. The summed E-state index contributed by atoms with van der Waals surface area (Å²) in [7, 11) is 1.63. The van der Waals surface area contributed by atoms with Gasteiger partial charge in [-0.1, -0.05) is 11.6 Å². The van der Waals surface area contributed by atoms with Crippen LogP contribution >= 0.6 is 11.6 Å². The van der Waals surface area contributed by atoms with Gasteiger partial charge in [-0.3, -0.25) is 0 Å². The number of nitrogens with zero attached hydrogens (tertiary/aromatic N) is 7. The number of hydrogen-bond donors (Lipinski definition) is 3. The van der Waals surface area contributed by atoms with E-state index in [4.69, 9.17) is 22.1 Å². The lowest BCUT2D eigenvalue weighted by Crippen LogP contribution is -2.34. The zero-order valence-corrected chi connectivity index (χ0v) is 18.5. The second-order valence-electron chi connectivity index (χ2n) is 8.13. The Labute approximate surface area is 194 Å². The predicted octanol–water partition coefficient (Wildman–Crippen LogP) is 2.00. The molecule has 12 heteroatoms. The Morgan fingerprint density at radius 3 is 2.73 bits per heavy atom. The largest absolute Gasteiger partial charge is 0.378 e. The van der Waals surface area contributed by atoms with Crippen molar-refractivity contribution in [3.8, 4) is 12.1 Å². The molecule has 1 aliphatic heterocycles. The Balaban J connectivity index is 1.54. The summed E-state index contributed by atoms with van der Waals surface area (Å²) in [6, 6.07) is 7.77. The van der Waals surface area contributed by atoms with Gasteiger partial charge in [0.1, 0.15) is 6.07 Å². The maximum atomic E-state index is 9.59. The lowest BCUT2D eigenvalue weighted by molar-refractivity contribution is 0.108. The summed E-state index contributed by atoms with van der Waals surface area (Å²) >= 11 is 6.76. The van der Waals surface area contributed by atoms with Crippen LogP contribution in [0, 0.1) is 22.7 Å². The van der Waals surface area contributed by atoms with Crippen LogP contribution in [0.2, 0.25) is 5.02 Å². The highest BCUT2D eigenvalue weighted by Gasteiger charge is 2.32. The van der Waals surface area contributed by atoms with E-state index in [1.807, 2.05) is 4.90 Å². The Bertz CT molecular complexity index is 1310. The molecule has 2 aliphatic rings. The summed E-state index contributed by atoms with van der Waals surface area (Å²) in [6.45, 7) is 1.11. The summed E-state index contributed by atoms with van der Waals surface area (Å²) < 4.78 is 6.89. The normalized spacial score (nSPS) is 20.0. The molecule has 1 saturated carbocycles. The molecule has 0 amide bonds. The zero-order chi connectivity index (χ0) is 23.1. The Hall–Kier alpha value is -3.64. The van der Waals surface area contributed by atoms with Crippen LogP contribution < -0.4 is 21.3 Å². The standard InChI is InChI=1S/C21H21ClN10O/c1-33-17-10-31(9-14(17)25)16-5-11(6-23)4-15(18(16)22)28-21-29-19(27-12-2-3-12)20-26-8-13(7-24)32(20)30-21/h4-5,8,12,14,17H,2-3,9-10,25H2,1H3,(H2,27,28,29,30)/t14-,17+/m0/s1. The molecule has 33 heavy (non-hydrogen) atoms. The first-order chi connectivity index (χ1) is 16.0. The molecule has 1 saturated heterocycles. The second-order valence-corrected chi connectivity index (χ2v) is 8.51. The molecule has 1 aliphatic carbocycles. The van der Waals surface area contributed by atoms with Crippen molar-refractivity contribution in [1.29, 1.82) is 10.5 Å². The van der Waals surface area contributed by atoms with E-state index < -0.39 is 0 Å². The first kappa shape index (κ1) is 21.2. The van der Waals surface area contributed by atoms with Gasteiger partial charge in [-0.15, -0.1) is 5.10 Å². The lowest BCUT2D eigenvalue weighted by Gasteiger charge is -2.22. The van der Waals surface area contributed by atoms with Gasteiger partial charge in [-0.2, -0.15) is 20.0 Å². The highest BCUT2D eigenvalue weighted by Crippen LogP contribution is 2.37. The van der Waals surface area contributed by atoms with E-state index in [1.165, 1.54) is 10.7 Å². The molecule has 5 rings (SSSR count). The van der Waals surface area contributed by atoms with E-state index in [2.05, 4.69) is 37.8 Å². The Morgan fingerprint density at radius 2 is 2.06 bits per heavy atom. The van der Waals surface area contributed by atoms with E-state index in [9.17, 15) is 10.5 Å². The third-order valence-electron chi connectivity index (χ3n) is 5.78. The van der Waals surface area contributed by atoms with Crippen LogP contribution in [0.3, 0.4) is 0 Å². The average molecular weight is 465 g/mol. The average Bonchev–Trinajstić information content (AvgIpc) is 3.40. The van der Waals surface area contributed by atoms with Gasteiger partial charge >= 0.3 is 0 Å². The molecule has 4 N–H and O–H groups in total. The van der Waals surface area contributed by atoms with Crippen molar-refractivity contribution >= 4 is 40.4 Å². The van der Waals surface area contributed by atoms with Crippen LogP contribution in [-0.4, -0.2) is 58.0 Å². The molecule has 168 valence electrons. The van der Waals surface area contributed by atoms with Crippen LogP contribution in [-0.2, 0) is 4.74 Å². The molecule has 11 nitrogen and oxygen atoms in total. The molecule has 2 atom stereocenters. The minimum absolute atomic E-state index is 0.129. The second kappa shape index (κ2) is 8.37. The van der Waals surface area contributed by atoms with Gasteiger partial charge in [0.15, 0.2) is 17.2 Å². The number of halogens is 1. The van der Waals surface area contributed by atoms with E-state index >= 15 is 0 Å². The number of hydrogen-bond acceptors (Lipinski definition) is 10. The van der Waals surface area contributed by atoms with Crippen LogP contribution in [0.25, 0.3) is 5.65 Å². The van der Waals surface area contributed by atoms with Crippen LogP contribution in [0.15, 0.2) is 18.3 Å². The smallest absolute Gasteiger partial charge is 0.247 e.